The summed E-state index contributed by atoms with van der Waals surface area (Å²) in [5, 5.41) is 8.95. The van der Waals surface area contributed by atoms with E-state index in [1.807, 2.05) is 0 Å². The fourth-order valence-corrected chi connectivity index (χ4v) is 2.76. The summed E-state index contributed by atoms with van der Waals surface area (Å²) >= 11 is 5.32. The van der Waals surface area contributed by atoms with Gasteiger partial charge in [0, 0.05) is 15.9 Å². The zero-order valence-corrected chi connectivity index (χ0v) is 11.6. The molecule has 0 spiro atoms. The van der Waals surface area contributed by atoms with Crippen LogP contribution in [-0.2, 0) is 6.54 Å². The molecule has 1 aromatic rings. The molecule has 1 rings (SSSR count). The molecule has 15 heavy (non-hydrogen) atoms. The summed E-state index contributed by atoms with van der Waals surface area (Å²) in [7, 11) is 0. The van der Waals surface area contributed by atoms with Crippen molar-refractivity contribution < 1.29 is 0 Å². The lowest BCUT2D eigenvalue weighted by Crippen LogP contribution is -2.22. The molecule has 0 atom stereocenters. The molecule has 2 nitrogen and oxygen atoms in total. The molecular formula is C11H19BrN2S. The third-order valence-electron chi connectivity index (χ3n) is 2.11. The Bertz CT molecular complexity index is 263. The molecule has 0 saturated heterocycles. The summed E-state index contributed by atoms with van der Waals surface area (Å²) in [5.74, 6) is 0. The van der Waals surface area contributed by atoms with Crippen LogP contribution in [0.25, 0.3) is 0 Å². The summed E-state index contributed by atoms with van der Waals surface area (Å²) < 4.78 is 1.23. The molecule has 0 radical (unpaired) electrons. The van der Waals surface area contributed by atoms with Gasteiger partial charge in [-0.25, -0.2) is 0 Å². The van der Waals surface area contributed by atoms with Crippen LogP contribution in [0.5, 0.6) is 0 Å². The van der Waals surface area contributed by atoms with Crippen molar-refractivity contribution >= 4 is 27.3 Å². The Labute approximate surface area is 105 Å². The SMILES string of the molecule is CCCNCCCNCc1sccc1Br. The average molecular weight is 291 g/mol. The number of nitrogens with one attached hydrogen (secondary N) is 2. The van der Waals surface area contributed by atoms with Crippen molar-refractivity contribution in [3.05, 3.63) is 20.8 Å². The van der Waals surface area contributed by atoms with Crippen molar-refractivity contribution in [1.82, 2.24) is 10.6 Å². The van der Waals surface area contributed by atoms with E-state index in [0.717, 1.165) is 26.2 Å². The van der Waals surface area contributed by atoms with Gasteiger partial charge in [-0.15, -0.1) is 11.3 Å². The van der Waals surface area contributed by atoms with Crippen LogP contribution in [0.3, 0.4) is 0 Å². The van der Waals surface area contributed by atoms with E-state index in [2.05, 4.69) is 44.9 Å². The van der Waals surface area contributed by atoms with Gasteiger partial charge in [0.1, 0.15) is 0 Å². The van der Waals surface area contributed by atoms with Gasteiger partial charge < -0.3 is 10.6 Å². The first-order valence-electron chi connectivity index (χ1n) is 5.48. The van der Waals surface area contributed by atoms with Crippen molar-refractivity contribution in [2.75, 3.05) is 19.6 Å². The highest BCUT2D eigenvalue weighted by molar-refractivity contribution is 9.10. The molecule has 2 N–H and O–H groups in total. The minimum Gasteiger partial charge on any atom is -0.317 e. The molecule has 0 aromatic carbocycles. The second kappa shape index (κ2) is 8.28. The number of rotatable bonds is 8. The van der Waals surface area contributed by atoms with E-state index in [4.69, 9.17) is 0 Å². The first-order valence-corrected chi connectivity index (χ1v) is 7.15. The van der Waals surface area contributed by atoms with Gasteiger partial charge in [0.25, 0.3) is 0 Å². The van der Waals surface area contributed by atoms with Gasteiger partial charge in [0.05, 0.1) is 0 Å². The molecule has 1 aromatic heterocycles. The predicted molar refractivity (Wildman–Crippen MR) is 71.5 cm³/mol. The van der Waals surface area contributed by atoms with Crippen molar-refractivity contribution in [1.29, 1.82) is 0 Å². The number of hydrogen-bond donors (Lipinski definition) is 2. The second-order valence-electron chi connectivity index (χ2n) is 3.47. The quantitative estimate of drug-likeness (QED) is 0.720. The van der Waals surface area contributed by atoms with Crippen LogP contribution in [0.4, 0.5) is 0 Å². The highest BCUT2D eigenvalue weighted by Gasteiger charge is 1.99. The molecule has 4 heteroatoms. The minimum atomic E-state index is 0.978. The normalized spacial score (nSPS) is 10.8. The second-order valence-corrected chi connectivity index (χ2v) is 5.33. The molecule has 0 saturated carbocycles. The minimum absolute atomic E-state index is 0.978. The van der Waals surface area contributed by atoms with Gasteiger partial charge in [-0.1, -0.05) is 6.92 Å². The lowest BCUT2D eigenvalue weighted by Gasteiger charge is -2.04. The molecule has 0 fully saturated rings. The largest absolute Gasteiger partial charge is 0.317 e. The van der Waals surface area contributed by atoms with E-state index in [0.29, 0.717) is 0 Å². The van der Waals surface area contributed by atoms with E-state index >= 15 is 0 Å². The van der Waals surface area contributed by atoms with E-state index in [-0.39, 0.29) is 0 Å². The highest BCUT2D eigenvalue weighted by atomic mass is 79.9. The number of halogens is 1. The van der Waals surface area contributed by atoms with Gasteiger partial charge in [0.2, 0.25) is 0 Å². The van der Waals surface area contributed by atoms with Crippen LogP contribution >= 0.6 is 27.3 Å². The van der Waals surface area contributed by atoms with E-state index in [1.54, 1.807) is 11.3 Å². The zero-order valence-electron chi connectivity index (χ0n) is 9.18. The Morgan fingerprint density at radius 3 is 2.73 bits per heavy atom. The Morgan fingerprint density at radius 1 is 1.27 bits per heavy atom. The Morgan fingerprint density at radius 2 is 2.07 bits per heavy atom. The van der Waals surface area contributed by atoms with E-state index in [1.165, 1.54) is 22.2 Å². The molecule has 0 unspecified atom stereocenters. The van der Waals surface area contributed by atoms with E-state index in [9.17, 15) is 0 Å². The molecule has 86 valence electrons. The topological polar surface area (TPSA) is 24.1 Å². The first kappa shape index (κ1) is 13.2. The van der Waals surface area contributed by atoms with E-state index < -0.39 is 0 Å². The molecule has 0 aliphatic carbocycles. The van der Waals surface area contributed by atoms with Crippen molar-refractivity contribution in [3.8, 4) is 0 Å². The fraction of sp³-hybridized carbons (Fsp3) is 0.636. The molecule has 1 heterocycles. The van der Waals surface area contributed by atoms with Gasteiger partial charge in [-0.3, -0.25) is 0 Å². The Balaban J connectivity index is 1.96. The molecule has 0 bridgehead atoms. The van der Waals surface area contributed by atoms with Gasteiger partial charge in [-0.2, -0.15) is 0 Å². The molecule has 0 amide bonds. The van der Waals surface area contributed by atoms with Crippen LogP contribution in [0.2, 0.25) is 0 Å². The van der Waals surface area contributed by atoms with Gasteiger partial charge >= 0.3 is 0 Å². The Kier molecular flexibility index (Phi) is 7.26. The third kappa shape index (κ3) is 5.66. The maximum atomic E-state index is 3.53. The van der Waals surface area contributed by atoms with Crippen LogP contribution in [0, 0.1) is 0 Å². The van der Waals surface area contributed by atoms with Crippen LogP contribution < -0.4 is 10.6 Å². The summed E-state index contributed by atoms with van der Waals surface area (Å²) in [5.41, 5.74) is 0. The van der Waals surface area contributed by atoms with Crippen LogP contribution in [-0.4, -0.2) is 19.6 Å². The van der Waals surface area contributed by atoms with Crippen molar-refractivity contribution in [3.63, 3.8) is 0 Å². The molecular weight excluding hydrogens is 272 g/mol. The third-order valence-corrected chi connectivity index (χ3v) is 4.04. The maximum absolute atomic E-state index is 3.53. The predicted octanol–water partition coefficient (Wildman–Crippen LogP) is 2.99. The number of hydrogen-bond acceptors (Lipinski definition) is 3. The fourth-order valence-electron chi connectivity index (χ4n) is 1.29. The molecule has 0 aliphatic rings. The smallest absolute Gasteiger partial charge is 0.0327 e. The summed E-state index contributed by atoms with van der Waals surface area (Å²) in [6.45, 7) is 6.51. The van der Waals surface area contributed by atoms with Crippen LogP contribution in [0.15, 0.2) is 15.9 Å². The first-order chi connectivity index (χ1) is 7.34. The monoisotopic (exact) mass is 290 g/mol. The summed E-state index contributed by atoms with van der Waals surface area (Å²) in [6, 6.07) is 2.10. The van der Waals surface area contributed by atoms with Crippen LogP contribution in [0.1, 0.15) is 24.6 Å². The van der Waals surface area contributed by atoms with Crippen molar-refractivity contribution in [2.24, 2.45) is 0 Å². The van der Waals surface area contributed by atoms with Gasteiger partial charge in [0.15, 0.2) is 0 Å². The van der Waals surface area contributed by atoms with Crippen molar-refractivity contribution in [2.45, 2.75) is 26.3 Å². The van der Waals surface area contributed by atoms with Gasteiger partial charge in [-0.05, 0) is 59.9 Å². The number of thiophene rings is 1. The molecule has 0 aliphatic heterocycles. The highest BCUT2D eigenvalue weighted by Crippen LogP contribution is 2.21. The summed E-state index contributed by atoms with van der Waals surface area (Å²) in [6.07, 6.45) is 2.42. The zero-order chi connectivity index (χ0) is 10.9. The lowest BCUT2D eigenvalue weighted by atomic mass is 10.4. The lowest BCUT2D eigenvalue weighted by molar-refractivity contribution is 0.594. The summed E-state index contributed by atoms with van der Waals surface area (Å²) in [4.78, 5) is 1.39. The Hall–Kier alpha value is 0.100. The average Bonchev–Trinajstić information content (AvgIpc) is 2.63. The maximum Gasteiger partial charge on any atom is 0.0327 e. The standard InChI is InChI=1S/C11H19BrN2S/c1-2-5-13-6-3-7-14-9-11-10(12)4-8-15-11/h4,8,13-14H,2-3,5-7,9H2,1H3.